The highest BCUT2D eigenvalue weighted by atomic mass is 16.1. The molecule has 0 spiro atoms. The summed E-state index contributed by atoms with van der Waals surface area (Å²) in [7, 11) is 0. The van der Waals surface area contributed by atoms with E-state index in [1.54, 1.807) is 0 Å². The number of Topliss-reactive ketones (excluding diaryl/α,β-unsaturated/α-hetero) is 1. The van der Waals surface area contributed by atoms with Crippen LogP contribution >= 0.6 is 0 Å². The molecule has 0 unspecified atom stereocenters. The fourth-order valence-electron chi connectivity index (χ4n) is 2.19. The zero-order valence-electron chi connectivity index (χ0n) is 8.10. The van der Waals surface area contributed by atoms with E-state index in [2.05, 4.69) is 0 Å². The number of ketones is 1. The summed E-state index contributed by atoms with van der Waals surface area (Å²) in [6, 6.07) is 0. The van der Waals surface area contributed by atoms with Crippen molar-refractivity contribution in [2.75, 3.05) is 0 Å². The Bertz CT molecular complexity index is 197. The van der Waals surface area contributed by atoms with E-state index in [1.165, 1.54) is 32.1 Å². The summed E-state index contributed by atoms with van der Waals surface area (Å²) >= 11 is 0. The van der Waals surface area contributed by atoms with Crippen molar-refractivity contribution in [2.45, 2.75) is 46.0 Å². The van der Waals surface area contributed by atoms with Crippen molar-refractivity contribution in [3.63, 3.8) is 0 Å². The summed E-state index contributed by atoms with van der Waals surface area (Å²) in [5.41, 5.74) is 0.176. The number of hydrogen-bond acceptors (Lipinski definition) is 1. The van der Waals surface area contributed by atoms with Crippen LogP contribution in [-0.4, -0.2) is 5.78 Å². The first kappa shape index (κ1) is 8.28. The third-order valence-corrected chi connectivity index (χ3v) is 3.28. The van der Waals surface area contributed by atoms with Gasteiger partial charge in [0.05, 0.1) is 0 Å². The van der Waals surface area contributed by atoms with E-state index in [-0.39, 0.29) is 11.3 Å². The van der Waals surface area contributed by atoms with Crippen LogP contribution < -0.4 is 0 Å². The van der Waals surface area contributed by atoms with E-state index >= 15 is 0 Å². The minimum Gasteiger partial charge on any atom is -0.299 e. The van der Waals surface area contributed by atoms with Crippen molar-refractivity contribution in [1.82, 2.24) is 0 Å². The smallest absolute Gasteiger partial charge is 0.141 e. The highest BCUT2D eigenvalue weighted by Gasteiger charge is 2.52. The van der Waals surface area contributed by atoms with Gasteiger partial charge in [-0.3, -0.25) is 4.79 Å². The maximum absolute atomic E-state index is 11.8. The fourth-order valence-corrected chi connectivity index (χ4v) is 2.19. The van der Waals surface area contributed by atoms with Crippen molar-refractivity contribution >= 4 is 5.78 Å². The summed E-state index contributed by atoms with van der Waals surface area (Å²) in [5, 5.41) is 0. The Labute approximate surface area is 74.5 Å². The third-order valence-electron chi connectivity index (χ3n) is 3.28. The number of hydrogen-bond donors (Lipinski definition) is 0. The number of rotatable bonds is 4. The Kier molecular flexibility index (Phi) is 1.78. The van der Waals surface area contributed by atoms with E-state index in [4.69, 9.17) is 0 Å². The first-order chi connectivity index (χ1) is 5.64. The molecule has 0 aliphatic heterocycles. The van der Waals surface area contributed by atoms with Gasteiger partial charge in [0.1, 0.15) is 5.78 Å². The summed E-state index contributed by atoms with van der Waals surface area (Å²) in [6.07, 6.45) is 6.34. The first-order valence-corrected chi connectivity index (χ1v) is 5.18. The molecular formula is C11H18O. The van der Waals surface area contributed by atoms with Gasteiger partial charge in [-0.15, -0.1) is 0 Å². The van der Waals surface area contributed by atoms with Crippen LogP contribution in [0.4, 0.5) is 0 Å². The van der Waals surface area contributed by atoms with Crippen LogP contribution in [0.3, 0.4) is 0 Å². The monoisotopic (exact) mass is 166 g/mol. The minimum atomic E-state index is 0.176. The molecule has 1 nitrogen and oxygen atoms in total. The van der Waals surface area contributed by atoms with Gasteiger partial charge in [-0.1, -0.05) is 26.7 Å². The van der Waals surface area contributed by atoms with Crippen molar-refractivity contribution in [2.24, 2.45) is 17.3 Å². The van der Waals surface area contributed by atoms with Crippen LogP contribution in [0.25, 0.3) is 0 Å². The van der Waals surface area contributed by atoms with Crippen LogP contribution in [0, 0.1) is 17.3 Å². The number of carbonyl (C=O) groups excluding carboxylic acids is 1. The van der Waals surface area contributed by atoms with Gasteiger partial charge in [-0.05, 0) is 25.2 Å². The van der Waals surface area contributed by atoms with Crippen molar-refractivity contribution in [3.05, 3.63) is 0 Å². The van der Waals surface area contributed by atoms with Gasteiger partial charge in [0.15, 0.2) is 0 Å². The molecule has 0 saturated heterocycles. The Balaban J connectivity index is 1.95. The van der Waals surface area contributed by atoms with Gasteiger partial charge in [-0.2, -0.15) is 0 Å². The molecule has 0 amide bonds. The standard InChI is InChI=1S/C11H18O/c1-8(2)10(12)11(5-6-11)7-9-3-4-9/h8-9H,3-7H2,1-2H3. The SMILES string of the molecule is CC(C)C(=O)C1(CC2CC2)CC1. The molecule has 0 aromatic rings. The second-order valence-electron chi connectivity index (χ2n) is 4.95. The van der Waals surface area contributed by atoms with E-state index in [0.29, 0.717) is 5.78 Å². The minimum absolute atomic E-state index is 0.176. The molecule has 12 heavy (non-hydrogen) atoms. The molecule has 0 heterocycles. The molecule has 0 aromatic carbocycles. The van der Waals surface area contributed by atoms with Crippen LogP contribution in [0.1, 0.15) is 46.0 Å². The summed E-state index contributed by atoms with van der Waals surface area (Å²) in [5.74, 6) is 1.70. The van der Waals surface area contributed by atoms with Crippen LogP contribution in [0.2, 0.25) is 0 Å². The molecule has 0 N–H and O–H groups in total. The van der Waals surface area contributed by atoms with Crippen LogP contribution in [0.15, 0.2) is 0 Å². The molecule has 0 radical (unpaired) electrons. The maximum Gasteiger partial charge on any atom is 0.141 e. The summed E-state index contributed by atoms with van der Waals surface area (Å²) < 4.78 is 0. The second kappa shape index (κ2) is 2.58. The lowest BCUT2D eigenvalue weighted by Crippen LogP contribution is -2.21. The summed E-state index contributed by atoms with van der Waals surface area (Å²) in [6.45, 7) is 4.07. The molecule has 68 valence electrons. The van der Waals surface area contributed by atoms with E-state index in [1.807, 2.05) is 13.8 Å². The van der Waals surface area contributed by atoms with Crippen LogP contribution in [0.5, 0.6) is 0 Å². The molecule has 2 fully saturated rings. The summed E-state index contributed by atoms with van der Waals surface area (Å²) in [4.78, 5) is 11.8. The topological polar surface area (TPSA) is 17.1 Å². The Hall–Kier alpha value is -0.330. The number of carbonyl (C=O) groups is 1. The first-order valence-electron chi connectivity index (χ1n) is 5.18. The molecule has 0 aromatic heterocycles. The average molecular weight is 166 g/mol. The van der Waals surface area contributed by atoms with Crippen molar-refractivity contribution < 1.29 is 4.79 Å². The molecule has 2 saturated carbocycles. The van der Waals surface area contributed by atoms with E-state index in [0.717, 1.165) is 5.92 Å². The van der Waals surface area contributed by atoms with E-state index < -0.39 is 0 Å². The quantitative estimate of drug-likeness (QED) is 0.627. The van der Waals surface area contributed by atoms with E-state index in [9.17, 15) is 4.79 Å². The van der Waals surface area contributed by atoms with Gasteiger partial charge in [0.2, 0.25) is 0 Å². The van der Waals surface area contributed by atoms with Gasteiger partial charge >= 0.3 is 0 Å². The molecule has 1 heteroatoms. The van der Waals surface area contributed by atoms with Gasteiger partial charge in [0, 0.05) is 11.3 Å². The molecule has 2 rings (SSSR count). The Morgan fingerprint density at radius 1 is 1.42 bits per heavy atom. The highest BCUT2D eigenvalue weighted by Crippen LogP contribution is 2.56. The zero-order chi connectivity index (χ0) is 8.77. The maximum atomic E-state index is 11.8. The fraction of sp³-hybridized carbons (Fsp3) is 0.909. The molecule has 0 bridgehead atoms. The predicted octanol–water partition coefficient (Wildman–Crippen LogP) is 2.79. The largest absolute Gasteiger partial charge is 0.299 e. The lowest BCUT2D eigenvalue weighted by Gasteiger charge is -2.15. The Morgan fingerprint density at radius 2 is 2.00 bits per heavy atom. The average Bonchev–Trinajstić information content (AvgIpc) is 2.86. The zero-order valence-corrected chi connectivity index (χ0v) is 8.10. The van der Waals surface area contributed by atoms with Crippen molar-refractivity contribution in [3.8, 4) is 0 Å². The third kappa shape index (κ3) is 1.41. The van der Waals surface area contributed by atoms with Gasteiger partial charge in [0.25, 0.3) is 0 Å². The lowest BCUT2D eigenvalue weighted by molar-refractivity contribution is -0.127. The molecule has 0 atom stereocenters. The Morgan fingerprint density at radius 3 is 2.33 bits per heavy atom. The normalized spacial score (nSPS) is 25.9. The predicted molar refractivity (Wildman–Crippen MR) is 48.9 cm³/mol. The van der Waals surface area contributed by atoms with Crippen molar-refractivity contribution in [1.29, 1.82) is 0 Å². The van der Waals surface area contributed by atoms with Gasteiger partial charge in [-0.25, -0.2) is 0 Å². The lowest BCUT2D eigenvalue weighted by atomic mass is 9.88. The van der Waals surface area contributed by atoms with Crippen LogP contribution in [-0.2, 0) is 4.79 Å². The van der Waals surface area contributed by atoms with Gasteiger partial charge < -0.3 is 0 Å². The molecule has 2 aliphatic carbocycles. The second-order valence-corrected chi connectivity index (χ2v) is 4.95. The highest BCUT2D eigenvalue weighted by molar-refractivity contribution is 5.88. The molecule has 2 aliphatic rings. The molecular weight excluding hydrogens is 148 g/mol.